The summed E-state index contributed by atoms with van der Waals surface area (Å²) >= 11 is 0. The fourth-order valence-electron chi connectivity index (χ4n) is 3.97. The quantitative estimate of drug-likeness (QED) is 0.874. The van der Waals surface area contributed by atoms with Crippen LogP contribution < -0.4 is 4.74 Å². The van der Waals surface area contributed by atoms with Gasteiger partial charge in [-0.1, -0.05) is 0 Å². The number of hydrogen-bond donors (Lipinski definition) is 1. The van der Waals surface area contributed by atoms with Gasteiger partial charge in [-0.15, -0.1) is 0 Å². The van der Waals surface area contributed by atoms with Gasteiger partial charge in [0.2, 0.25) is 5.91 Å². The van der Waals surface area contributed by atoms with E-state index >= 15 is 0 Å². The van der Waals surface area contributed by atoms with Gasteiger partial charge in [-0.05, 0) is 37.1 Å². The van der Waals surface area contributed by atoms with Crippen molar-refractivity contribution in [3.8, 4) is 5.75 Å². The van der Waals surface area contributed by atoms with Gasteiger partial charge < -0.3 is 14.7 Å². The molecule has 7 heteroatoms. The summed E-state index contributed by atoms with van der Waals surface area (Å²) < 4.78 is 18.5. The highest BCUT2D eigenvalue weighted by molar-refractivity contribution is 5.88. The number of carbonyl (C=O) groups is 2. The molecule has 1 spiro atoms. The number of amides is 1. The van der Waals surface area contributed by atoms with E-state index in [1.165, 1.54) is 12.1 Å². The van der Waals surface area contributed by atoms with Gasteiger partial charge in [0.15, 0.2) is 0 Å². The molecular weight excluding hydrogens is 327 g/mol. The van der Waals surface area contributed by atoms with Crippen LogP contribution in [0.25, 0.3) is 0 Å². The average molecular weight is 350 g/mol. The number of likely N-dealkylation sites (tertiary alicyclic amines) is 2. The summed E-state index contributed by atoms with van der Waals surface area (Å²) in [5, 5.41) is 9.48. The molecule has 2 heterocycles. The van der Waals surface area contributed by atoms with Gasteiger partial charge in [0.1, 0.15) is 18.2 Å². The number of carbonyl (C=O) groups excluding carboxylic acids is 1. The molecule has 2 aliphatic rings. The minimum Gasteiger partial charge on any atom is -0.492 e. The molecule has 1 amide bonds. The topological polar surface area (TPSA) is 70.1 Å². The molecule has 0 aromatic heterocycles. The van der Waals surface area contributed by atoms with Crippen LogP contribution in [-0.2, 0) is 9.59 Å². The monoisotopic (exact) mass is 350 g/mol. The third kappa shape index (κ3) is 3.46. The zero-order valence-corrected chi connectivity index (χ0v) is 14.3. The SMILES string of the molecule is CN1C(=O)CC(C(=O)O)C12CCN(CCOc1ccc(F)cc1)CC2. The molecule has 0 bridgehead atoms. The molecule has 2 aliphatic heterocycles. The Morgan fingerprint density at radius 2 is 1.96 bits per heavy atom. The third-order valence-electron chi connectivity index (χ3n) is 5.58. The average Bonchev–Trinajstić information content (AvgIpc) is 2.84. The molecule has 1 aromatic rings. The van der Waals surface area contributed by atoms with Crippen LogP contribution >= 0.6 is 0 Å². The molecular formula is C18H23FN2O4. The summed E-state index contributed by atoms with van der Waals surface area (Å²) in [6.45, 7) is 2.65. The number of carboxylic acids is 1. The molecule has 136 valence electrons. The second-order valence-corrected chi connectivity index (χ2v) is 6.80. The van der Waals surface area contributed by atoms with Crippen LogP contribution in [0.3, 0.4) is 0 Å². The fraction of sp³-hybridized carbons (Fsp3) is 0.556. The van der Waals surface area contributed by atoms with E-state index in [0.717, 1.165) is 13.1 Å². The Kier molecular flexibility index (Phi) is 4.94. The summed E-state index contributed by atoms with van der Waals surface area (Å²) in [7, 11) is 1.72. The van der Waals surface area contributed by atoms with Crippen molar-refractivity contribution in [1.82, 2.24) is 9.80 Å². The predicted molar refractivity (Wildman–Crippen MR) is 88.8 cm³/mol. The highest BCUT2D eigenvalue weighted by atomic mass is 19.1. The van der Waals surface area contributed by atoms with Crippen molar-refractivity contribution < 1.29 is 23.8 Å². The number of ether oxygens (including phenoxy) is 1. The van der Waals surface area contributed by atoms with Crippen LogP contribution in [0.15, 0.2) is 24.3 Å². The lowest BCUT2D eigenvalue weighted by Gasteiger charge is -2.45. The number of piperidine rings is 1. The smallest absolute Gasteiger partial charge is 0.309 e. The largest absolute Gasteiger partial charge is 0.492 e. The van der Waals surface area contributed by atoms with E-state index < -0.39 is 17.4 Å². The van der Waals surface area contributed by atoms with Crippen molar-refractivity contribution in [2.24, 2.45) is 5.92 Å². The predicted octanol–water partition coefficient (Wildman–Crippen LogP) is 1.60. The number of aliphatic carboxylic acids is 1. The van der Waals surface area contributed by atoms with Crippen LogP contribution in [0.4, 0.5) is 4.39 Å². The van der Waals surface area contributed by atoms with Gasteiger partial charge in [-0.25, -0.2) is 4.39 Å². The Hall–Kier alpha value is -2.15. The summed E-state index contributed by atoms with van der Waals surface area (Å²) in [6, 6.07) is 5.91. The molecule has 1 atom stereocenters. The summed E-state index contributed by atoms with van der Waals surface area (Å²) in [5.41, 5.74) is -0.558. The first-order chi connectivity index (χ1) is 11.9. The van der Waals surface area contributed by atoms with Gasteiger partial charge in [-0.3, -0.25) is 14.5 Å². The fourth-order valence-corrected chi connectivity index (χ4v) is 3.97. The molecule has 0 saturated carbocycles. The van der Waals surface area contributed by atoms with Gasteiger partial charge in [0, 0.05) is 33.1 Å². The van der Waals surface area contributed by atoms with Crippen molar-refractivity contribution in [1.29, 1.82) is 0 Å². The number of benzene rings is 1. The Balaban J connectivity index is 1.52. The van der Waals surface area contributed by atoms with Crippen molar-refractivity contribution in [3.05, 3.63) is 30.1 Å². The Morgan fingerprint density at radius 3 is 2.56 bits per heavy atom. The number of halogens is 1. The Morgan fingerprint density at radius 1 is 1.32 bits per heavy atom. The standard InChI is InChI=1S/C18H23FN2O4/c1-20-16(22)12-15(17(23)24)18(20)6-8-21(9-7-18)10-11-25-14-4-2-13(19)3-5-14/h2-5,15H,6-12H2,1H3,(H,23,24). The van der Waals surface area contributed by atoms with Crippen molar-refractivity contribution in [2.45, 2.75) is 24.8 Å². The van der Waals surface area contributed by atoms with E-state index in [9.17, 15) is 19.1 Å². The molecule has 6 nitrogen and oxygen atoms in total. The van der Waals surface area contributed by atoms with Crippen LogP contribution in [-0.4, -0.2) is 65.6 Å². The highest BCUT2D eigenvalue weighted by Gasteiger charge is 2.55. The molecule has 25 heavy (non-hydrogen) atoms. The molecule has 0 radical (unpaired) electrons. The first kappa shape index (κ1) is 17.7. The number of nitrogens with zero attached hydrogens (tertiary/aromatic N) is 2. The van der Waals surface area contributed by atoms with Crippen molar-refractivity contribution in [3.63, 3.8) is 0 Å². The van der Waals surface area contributed by atoms with Crippen LogP contribution in [0.1, 0.15) is 19.3 Å². The zero-order chi connectivity index (χ0) is 18.0. The third-order valence-corrected chi connectivity index (χ3v) is 5.58. The van der Waals surface area contributed by atoms with Crippen molar-refractivity contribution >= 4 is 11.9 Å². The first-order valence-electron chi connectivity index (χ1n) is 8.52. The number of hydrogen-bond acceptors (Lipinski definition) is 4. The normalized spacial score (nSPS) is 23.2. The van der Waals surface area contributed by atoms with Gasteiger partial charge >= 0.3 is 5.97 Å². The lowest BCUT2D eigenvalue weighted by molar-refractivity contribution is -0.146. The molecule has 0 aliphatic carbocycles. The van der Waals surface area contributed by atoms with Crippen LogP contribution in [0.5, 0.6) is 5.75 Å². The summed E-state index contributed by atoms with van der Waals surface area (Å²) in [5.74, 6) is -1.26. The summed E-state index contributed by atoms with van der Waals surface area (Å²) in [4.78, 5) is 27.4. The highest BCUT2D eigenvalue weighted by Crippen LogP contribution is 2.42. The maximum absolute atomic E-state index is 12.9. The van der Waals surface area contributed by atoms with E-state index in [0.29, 0.717) is 31.7 Å². The van der Waals surface area contributed by atoms with E-state index in [4.69, 9.17) is 4.74 Å². The van der Waals surface area contributed by atoms with Gasteiger partial charge in [0.25, 0.3) is 0 Å². The molecule has 1 aromatic carbocycles. The first-order valence-corrected chi connectivity index (χ1v) is 8.52. The Labute approximate surface area is 146 Å². The van der Waals surface area contributed by atoms with E-state index in [2.05, 4.69) is 4.90 Å². The van der Waals surface area contributed by atoms with Crippen LogP contribution in [0, 0.1) is 11.7 Å². The Bertz CT molecular complexity index is 641. The lowest BCUT2D eigenvalue weighted by atomic mass is 9.77. The minimum atomic E-state index is -0.884. The van der Waals surface area contributed by atoms with Crippen LogP contribution in [0.2, 0.25) is 0 Å². The zero-order valence-electron chi connectivity index (χ0n) is 14.3. The van der Waals surface area contributed by atoms with E-state index in [-0.39, 0.29) is 18.1 Å². The minimum absolute atomic E-state index is 0.0829. The summed E-state index contributed by atoms with van der Waals surface area (Å²) in [6.07, 6.45) is 1.41. The molecule has 3 rings (SSSR count). The maximum atomic E-state index is 12.9. The molecule has 1 unspecified atom stereocenters. The molecule has 2 fully saturated rings. The molecule has 1 N–H and O–H groups in total. The maximum Gasteiger partial charge on any atom is 0.309 e. The second kappa shape index (κ2) is 7.00. The molecule has 2 saturated heterocycles. The number of carboxylic acid groups (broad SMARTS) is 1. The van der Waals surface area contributed by atoms with E-state index in [1.807, 2.05) is 0 Å². The van der Waals surface area contributed by atoms with E-state index in [1.54, 1.807) is 24.1 Å². The van der Waals surface area contributed by atoms with Gasteiger partial charge in [-0.2, -0.15) is 0 Å². The van der Waals surface area contributed by atoms with Gasteiger partial charge in [0.05, 0.1) is 11.5 Å². The lowest BCUT2D eigenvalue weighted by Crippen LogP contribution is -2.56. The van der Waals surface area contributed by atoms with Crippen molar-refractivity contribution in [2.75, 3.05) is 33.3 Å². The number of rotatable bonds is 5. The second-order valence-electron chi connectivity index (χ2n) is 6.80.